The van der Waals surface area contributed by atoms with Gasteiger partial charge in [0.15, 0.2) is 5.65 Å². The fourth-order valence-electron chi connectivity index (χ4n) is 7.33. The summed E-state index contributed by atoms with van der Waals surface area (Å²) in [6.07, 6.45) is 7.19. The van der Waals surface area contributed by atoms with E-state index < -0.39 is 0 Å². The molecule has 6 rings (SSSR count). The summed E-state index contributed by atoms with van der Waals surface area (Å²) in [5.74, 6) is 1.15. The normalized spacial score (nSPS) is 29.5. The maximum Gasteiger partial charge on any atom is 0.309 e. The van der Waals surface area contributed by atoms with Gasteiger partial charge in [-0.2, -0.15) is 0 Å². The van der Waals surface area contributed by atoms with Crippen molar-refractivity contribution in [2.24, 2.45) is 23.2 Å². The highest BCUT2D eigenvalue weighted by Crippen LogP contribution is 2.51. The number of likely N-dealkylation sites (tertiary alicyclic amines) is 1. The van der Waals surface area contributed by atoms with Crippen molar-refractivity contribution < 1.29 is 14.3 Å². The van der Waals surface area contributed by atoms with Gasteiger partial charge in [0.25, 0.3) is 5.91 Å². The van der Waals surface area contributed by atoms with E-state index >= 15 is 0 Å². The van der Waals surface area contributed by atoms with Gasteiger partial charge >= 0.3 is 5.97 Å². The second-order valence-corrected chi connectivity index (χ2v) is 12.4. The minimum atomic E-state index is -0.183. The number of carbonyl (C=O) groups is 2. The molecule has 2 aliphatic carbocycles. The summed E-state index contributed by atoms with van der Waals surface area (Å²) < 4.78 is 7.05. The van der Waals surface area contributed by atoms with Crippen LogP contribution < -0.4 is 10.2 Å². The lowest BCUT2D eigenvalue weighted by atomic mass is 9.60. The molecule has 2 saturated heterocycles. The van der Waals surface area contributed by atoms with E-state index in [1.807, 2.05) is 20.0 Å². The van der Waals surface area contributed by atoms with Gasteiger partial charge in [-0.05, 0) is 74.8 Å². The highest BCUT2D eigenvalue weighted by molar-refractivity contribution is 5.91. The summed E-state index contributed by atoms with van der Waals surface area (Å²) in [6.45, 7) is 13.1. The Bertz CT molecular complexity index is 1200. The molecule has 4 atom stereocenters. The molecule has 4 heterocycles. The lowest BCUT2D eigenvalue weighted by Gasteiger charge is -2.60. The molecule has 1 N–H and O–H groups in total. The molecule has 9 nitrogen and oxygen atoms in total. The second-order valence-electron chi connectivity index (χ2n) is 12.4. The number of hydrogen-bond donors (Lipinski definition) is 1. The molecule has 0 aromatic carbocycles. The average Bonchev–Trinajstić information content (AvgIpc) is 3.52. The molecule has 0 radical (unpaired) electrons. The smallest absolute Gasteiger partial charge is 0.309 e. The largest absolute Gasteiger partial charge is 0.466 e. The first-order valence-corrected chi connectivity index (χ1v) is 14.1. The molecule has 2 saturated carbocycles. The zero-order valence-corrected chi connectivity index (χ0v) is 22.6. The quantitative estimate of drug-likeness (QED) is 0.600. The zero-order valence-electron chi connectivity index (χ0n) is 22.6. The summed E-state index contributed by atoms with van der Waals surface area (Å²) in [7, 11) is 0. The van der Waals surface area contributed by atoms with Crippen molar-refractivity contribution in [3.05, 3.63) is 23.7 Å². The highest BCUT2D eigenvalue weighted by Gasteiger charge is 2.55. The number of rotatable bonds is 6. The van der Waals surface area contributed by atoms with Crippen molar-refractivity contribution >= 4 is 23.2 Å². The van der Waals surface area contributed by atoms with Crippen molar-refractivity contribution in [2.45, 2.75) is 71.9 Å². The number of amides is 1. The van der Waals surface area contributed by atoms with E-state index in [2.05, 4.69) is 45.1 Å². The lowest BCUT2D eigenvalue weighted by molar-refractivity contribution is -0.149. The molecule has 2 aliphatic heterocycles. The number of aromatic nitrogens is 3. The van der Waals surface area contributed by atoms with E-state index in [1.54, 1.807) is 4.52 Å². The number of hydrogen-bond acceptors (Lipinski definition) is 7. The standard InChI is InChI=1S/C28H40N6O3/c1-5-37-27(36)23-10-21(8-18(23)3)33-15-28(16-33)11-20(12-28)29-26(35)24-30-25-19(4)9-22(14-34(25)31-24)32-7-6-17(2)13-32/h9,14,17-18,20-21,23H,5-8,10-13,15-16H2,1-4H3,(H,29,35). The molecule has 4 fully saturated rings. The number of aryl methyl sites for hydroxylation is 1. The van der Waals surface area contributed by atoms with Crippen LogP contribution in [0.5, 0.6) is 0 Å². The number of nitrogens with zero attached hydrogens (tertiary/aromatic N) is 5. The van der Waals surface area contributed by atoms with Crippen LogP contribution in [0.3, 0.4) is 0 Å². The molecule has 1 amide bonds. The third-order valence-corrected chi connectivity index (χ3v) is 9.33. The Morgan fingerprint density at radius 1 is 1.22 bits per heavy atom. The van der Waals surface area contributed by atoms with E-state index in [9.17, 15) is 9.59 Å². The van der Waals surface area contributed by atoms with Crippen molar-refractivity contribution in [3.8, 4) is 0 Å². The van der Waals surface area contributed by atoms with E-state index in [-0.39, 0.29) is 29.7 Å². The third-order valence-electron chi connectivity index (χ3n) is 9.33. The molecule has 1 spiro atoms. The van der Waals surface area contributed by atoms with Crippen LogP contribution in [0.2, 0.25) is 0 Å². The maximum absolute atomic E-state index is 13.0. The molecular formula is C28H40N6O3. The Labute approximate surface area is 218 Å². The number of anilines is 1. The van der Waals surface area contributed by atoms with Crippen LogP contribution in [0, 0.1) is 30.1 Å². The second kappa shape index (κ2) is 9.26. The van der Waals surface area contributed by atoms with Crippen molar-refractivity contribution in [2.75, 3.05) is 37.7 Å². The van der Waals surface area contributed by atoms with Crippen LogP contribution in [0.1, 0.15) is 69.1 Å². The monoisotopic (exact) mass is 508 g/mol. The van der Waals surface area contributed by atoms with Gasteiger partial charge in [0.1, 0.15) is 0 Å². The molecule has 2 aromatic heterocycles. The molecule has 4 unspecified atom stereocenters. The van der Waals surface area contributed by atoms with Crippen LogP contribution in [0.25, 0.3) is 5.65 Å². The fraction of sp³-hybridized carbons (Fsp3) is 0.714. The number of nitrogens with one attached hydrogen (secondary N) is 1. The van der Waals surface area contributed by atoms with Crippen molar-refractivity contribution in [3.63, 3.8) is 0 Å². The first-order chi connectivity index (χ1) is 17.7. The van der Waals surface area contributed by atoms with Crippen molar-refractivity contribution in [1.82, 2.24) is 24.8 Å². The zero-order chi connectivity index (χ0) is 25.9. The number of pyridine rings is 1. The van der Waals surface area contributed by atoms with Gasteiger partial charge in [-0.1, -0.05) is 13.8 Å². The third kappa shape index (κ3) is 4.49. The summed E-state index contributed by atoms with van der Waals surface area (Å²) >= 11 is 0. The number of carbonyl (C=O) groups excluding carboxylic acids is 2. The molecule has 9 heteroatoms. The van der Waals surface area contributed by atoms with E-state index in [4.69, 9.17) is 4.74 Å². The van der Waals surface area contributed by atoms with Gasteiger partial charge in [-0.3, -0.25) is 14.5 Å². The average molecular weight is 509 g/mol. The van der Waals surface area contributed by atoms with Gasteiger partial charge < -0.3 is 15.0 Å². The summed E-state index contributed by atoms with van der Waals surface area (Å²) in [4.78, 5) is 34.7. The minimum absolute atomic E-state index is 0.0308. The van der Waals surface area contributed by atoms with Gasteiger partial charge in [-0.25, -0.2) is 9.50 Å². The fourth-order valence-corrected chi connectivity index (χ4v) is 7.33. The molecule has 200 valence electrons. The van der Waals surface area contributed by atoms with Crippen LogP contribution in [-0.4, -0.2) is 76.2 Å². The minimum Gasteiger partial charge on any atom is -0.466 e. The Morgan fingerprint density at radius 2 is 2.00 bits per heavy atom. The summed E-state index contributed by atoms with van der Waals surface area (Å²) in [6, 6.07) is 2.81. The first kappa shape index (κ1) is 24.6. The molecule has 2 aromatic rings. The molecule has 37 heavy (non-hydrogen) atoms. The van der Waals surface area contributed by atoms with Gasteiger partial charge in [-0.15, -0.1) is 5.10 Å². The van der Waals surface area contributed by atoms with E-state index in [1.165, 1.54) is 6.42 Å². The van der Waals surface area contributed by atoms with Crippen molar-refractivity contribution in [1.29, 1.82) is 0 Å². The topological polar surface area (TPSA) is 92.1 Å². The van der Waals surface area contributed by atoms with Crippen LogP contribution in [0.4, 0.5) is 5.69 Å². The van der Waals surface area contributed by atoms with E-state index in [0.29, 0.717) is 29.9 Å². The highest BCUT2D eigenvalue weighted by atomic mass is 16.5. The first-order valence-electron chi connectivity index (χ1n) is 14.1. The molecule has 0 bridgehead atoms. The Hall–Kier alpha value is -2.68. The maximum atomic E-state index is 13.0. The SMILES string of the molecule is CCOC(=O)C1CC(N2CC3(CC(NC(=O)c4nc5c(C)cc(N6CCC(C)C6)cn5n4)C3)C2)CC1C. The van der Waals surface area contributed by atoms with E-state index in [0.717, 1.165) is 68.8 Å². The number of fused-ring (bicyclic) bond motifs is 1. The Morgan fingerprint density at radius 3 is 2.70 bits per heavy atom. The predicted octanol–water partition coefficient (Wildman–Crippen LogP) is 3.06. The van der Waals surface area contributed by atoms with Crippen LogP contribution >= 0.6 is 0 Å². The Kier molecular flexibility index (Phi) is 6.17. The van der Waals surface area contributed by atoms with Crippen LogP contribution in [0.15, 0.2) is 12.3 Å². The molecule has 4 aliphatic rings. The summed E-state index contributed by atoms with van der Waals surface area (Å²) in [5, 5.41) is 7.71. The molecular weight excluding hydrogens is 468 g/mol. The lowest BCUT2D eigenvalue weighted by Crippen LogP contribution is -2.68. The van der Waals surface area contributed by atoms with Gasteiger partial charge in [0, 0.05) is 38.3 Å². The number of esters is 1. The van der Waals surface area contributed by atoms with Gasteiger partial charge in [0.2, 0.25) is 5.82 Å². The summed E-state index contributed by atoms with van der Waals surface area (Å²) in [5.41, 5.74) is 3.24. The predicted molar refractivity (Wildman–Crippen MR) is 141 cm³/mol. The van der Waals surface area contributed by atoms with Crippen LogP contribution in [-0.2, 0) is 9.53 Å². The number of ether oxygens (including phenoxy) is 1. The van der Waals surface area contributed by atoms with Gasteiger partial charge in [0.05, 0.1) is 24.4 Å². The Balaban J connectivity index is 1.02.